The van der Waals surface area contributed by atoms with Crippen molar-refractivity contribution < 1.29 is 0 Å². The van der Waals surface area contributed by atoms with Gasteiger partial charge in [-0.15, -0.1) is 0 Å². The Labute approximate surface area is 421 Å². The molecule has 0 fully saturated rings. The standard InChI is InChI=1S/C60H33N9S3/c1-4-16-37(17-5-1)67-46-25-13-10-22-40(46)52-49(67)31-43(55-58(52)64-70-61-55)34-28-35(44-32-50-53(59-56(44)62-71-65-59)41-23-11-14-26-47(41)68(50)38-18-6-2-7-19-38)30-36(29-34)45-33-51-54(60-57(45)63-72-66-60)42-24-12-15-27-48(42)69(51)39-20-8-3-9-21-39/h1-33H. The lowest BCUT2D eigenvalue weighted by molar-refractivity contribution is 1.18. The van der Waals surface area contributed by atoms with Crippen LogP contribution in [0.1, 0.15) is 0 Å². The van der Waals surface area contributed by atoms with Crippen LogP contribution in [-0.4, -0.2) is 39.9 Å². The topological polar surface area (TPSA) is 92.1 Å². The minimum atomic E-state index is 0.854. The third-order valence-corrected chi connectivity index (χ3v) is 16.0. The van der Waals surface area contributed by atoms with Crippen molar-refractivity contribution in [2.24, 2.45) is 0 Å². The van der Waals surface area contributed by atoms with Crippen molar-refractivity contribution in [1.29, 1.82) is 0 Å². The molecule has 0 amide bonds. The van der Waals surface area contributed by atoms with Crippen molar-refractivity contribution >= 4 is 134 Å². The number of nitrogens with zero attached hydrogens (tertiary/aromatic N) is 9. The van der Waals surface area contributed by atoms with Crippen LogP contribution in [-0.2, 0) is 0 Å². The number of hydrogen-bond donors (Lipinski definition) is 0. The number of rotatable bonds is 6. The van der Waals surface area contributed by atoms with Gasteiger partial charge < -0.3 is 13.7 Å². The van der Waals surface area contributed by atoms with Gasteiger partial charge in [0.05, 0.1) is 68.3 Å². The maximum absolute atomic E-state index is 5.12. The predicted molar refractivity (Wildman–Crippen MR) is 299 cm³/mol. The first-order valence-electron chi connectivity index (χ1n) is 23.6. The van der Waals surface area contributed by atoms with Crippen LogP contribution in [0.5, 0.6) is 0 Å². The van der Waals surface area contributed by atoms with Crippen molar-refractivity contribution in [3.8, 4) is 50.4 Å². The second kappa shape index (κ2) is 15.3. The van der Waals surface area contributed by atoms with Crippen LogP contribution < -0.4 is 0 Å². The zero-order valence-electron chi connectivity index (χ0n) is 37.8. The van der Waals surface area contributed by atoms with Crippen LogP contribution in [0.25, 0.3) is 149 Å². The SMILES string of the molecule is c1ccc(-n2c3ccccc3c3c4nsnc4c(-c4cc(-c5cc6c(c7ccccc7n6-c6ccccc6)c6nsnc56)cc(-c5cc6c(c7ccccc7n6-c6ccccc6)c6nsnc56)c4)cc32)cc1. The Morgan fingerprint density at radius 3 is 0.819 bits per heavy atom. The first-order valence-corrected chi connectivity index (χ1v) is 25.8. The summed E-state index contributed by atoms with van der Waals surface area (Å²) in [6, 6.07) is 71.5. The molecule has 0 radical (unpaired) electrons. The van der Waals surface area contributed by atoms with Crippen molar-refractivity contribution in [3.05, 3.63) is 200 Å². The first-order chi connectivity index (χ1) is 35.7. The highest BCUT2D eigenvalue weighted by molar-refractivity contribution is 7.00. The van der Waals surface area contributed by atoms with Crippen molar-refractivity contribution in [2.45, 2.75) is 0 Å². The monoisotopic (exact) mass is 975 g/mol. The molecule has 336 valence electrons. The summed E-state index contributed by atoms with van der Waals surface area (Å²) in [6.07, 6.45) is 0. The van der Waals surface area contributed by atoms with Crippen LogP contribution in [0.2, 0.25) is 0 Å². The van der Waals surface area contributed by atoms with Crippen LogP contribution in [0, 0.1) is 0 Å². The second-order valence-corrected chi connectivity index (χ2v) is 19.8. The van der Waals surface area contributed by atoms with E-state index in [9.17, 15) is 0 Å². The summed E-state index contributed by atoms with van der Waals surface area (Å²) >= 11 is 3.76. The first kappa shape index (κ1) is 39.9. The van der Waals surface area contributed by atoms with E-state index in [4.69, 9.17) is 26.2 Å². The maximum atomic E-state index is 5.12. The van der Waals surface area contributed by atoms with E-state index in [1.807, 2.05) is 0 Å². The Balaban J connectivity index is 1.05. The molecule has 0 aliphatic heterocycles. The average Bonchev–Trinajstić information content (AvgIpc) is 4.32. The lowest BCUT2D eigenvalue weighted by Gasteiger charge is -2.15. The van der Waals surface area contributed by atoms with Gasteiger partial charge in [0.15, 0.2) is 0 Å². The molecule has 0 bridgehead atoms. The van der Waals surface area contributed by atoms with Crippen molar-refractivity contribution in [2.75, 3.05) is 0 Å². The van der Waals surface area contributed by atoms with Crippen LogP contribution in [0.4, 0.5) is 0 Å². The molecule has 0 spiro atoms. The van der Waals surface area contributed by atoms with Crippen LogP contribution in [0.3, 0.4) is 0 Å². The molecule has 6 heterocycles. The van der Waals surface area contributed by atoms with Gasteiger partial charge in [-0.3, -0.25) is 0 Å². The van der Waals surface area contributed by atoms with E-state index in [0.717, 1.165) is 149 Å². The van der Waals surface area contributed by atoms with Crippen molar-refractivity contribution in [3.63, 3.8) is 0 Å². The van der Waals surface area contributed by atoms with E-state index >= 15 is 0 Å². The summed E-state index contributed by atoms with van der Waals surface area (Å²) in [5.74, 6) is 0. The van der Waals surface area contributed by atoms with Gasteiger partial charge in [-0.2, -0.15) is 26.2 Å². The maximum Gasteiger partial charge on any atom is 0.115 e. The Hall–Kier alpha value is -8.94. The van der Waals surface area contributed by atoms with Gasteiger partial charge >= 0.3 is 0 Å². The van der Waals surface area contributed by atoms with E-state index in [2.05, 4.69) is 214 Å². The molecule has 0 saturated carbocycles. The molecule has 0 unspecified atom stereocenters. The summed E-state index contributed by atoms with van der Waals surface area (Å²) in [5.41, 5.74) is 20.9. The lowest BCUT2D eigenvalue weighted by Crippen LogP contribution is -1.96. The van der Waals surface area contributed by atoms with E-state index in [1.54, 1.807) is 0 Å². The third kappa shape index (κ3) is 5.61. The highest BCUT2D eigenvalue weighted by atomic mass is 32.1. The van der Waals surface area contributed by atoms with Gasteiger partial charge in [-0.1, -0.05) is 109 Å². The summed E-state index contributed by atoms with van der Waals surface area (Å²) in [7, 11) is 0. The molecule has 72 heavy (non-hydrogen) atoms. The Morgan fingerprint density at radius 2 is 0.514 bits per heavy atom. The van der Waals surface area contributed by atoms with Gasteiger partial charge in [0, 0.05) is 66.1 Å². The molecule has 0 N–H and O–H groups in total. The number of para-hydroxylation sites is 6. The van der Waals surface area contributed by atoms with Gasteiger partial charge in [-0.25, -0.2) is 0 Å². The highest BCUT2D eigenvalue weighted by Crippen LogP contribution is 2.47. The van der Waals surface area contributed by atoms with E-state index < -0.39 is 0 Å². The molecule has 0 atom stereocenters. The van der Waals surface area contributed by atoms with Crippen LogP contribution >= 0.6 is 35.2 Å². The smallest absolute Gasteiger partial charge is 0.115 e. The molecular formula is C60H33N9S3. The lowest BCUT2D eigenvalue weighted by atomic mass is 9.90. The Morgan fingerprint density at radius 1 is 0.250 bits per heavy atom. The molecule has 16 aromatic rings. The van der Waals surface area contributed by atoms with E-state index in [0.29, 0.717) is 0 Å². The number of aromatic nitrogens is 9. The fourth-order valence-corrected chi connectivity index (χ4v) is 13.2. The fraction of sp³-hybridized carbons (Fsp3) is 0. The number of fused-ring (bicyclic) bond motifs is 15. The molecule has 9 nitrogen and oxygen atoms in total. The molecule has 0 aliphatic rings. The molecule has 6 aromatic heterocycles. The van der Waals surface area contributed by atoms with Crippen LogP contribution in [0.15, 0.2) is 200 Å². The Kier molecular flexibility index (Phi) is 8.46. The summed E-state index contributed by atoms with van der Waals surface area (Å²) < 4.78 is 37.7. The average molecular weight is 976 g/mol. The second-order valence-electron chi connectivity index (χ2n) is 18.2. The predicted octanol–water partition coefficient (Wildman–Crippen LogP) is 16.0. The molecule has 0 aliphatic carbocycles. The highest BCUT2D eigenvalue weighted by Gasteiger charge is 2.26. The largest absolute Gasteiger partial charge is 0.309 e. The zero-order valence-corrected chi connectivity index (χ0v) is 40.3. The van der Waals surface area contributed by atoms with Crippen molar-refractivity contribution in [1.82, 2.24) is 39.9 Å². The van der Waals surface area contributed by atoms with Gasteiger partial charge in [0.25, 0.3) is 0 Å². The molecule has 16 rings (SSSR count). The minimum Gasteiger partial charge on any atom is -0.309 e. The summed E-state index contributed by atoms with van der Waals surface area (Å²) in [5, 5.41) is 6.66. The van der Waals surface area contributed by atoms with E-state index in [1.165, 1.54) is 35.2 Å². The van der Waals surface area contributed by atoms with E-state index in [-0.39, 0.29) is 0 Å². The third-order valence-electron chi connectivity index (χ3n) is 14.4. The normalized spacial score (nSPS) is 12.2. The molecular weight excluding hydrogens is 943 g/mol. The zero-order chi connectivity index (χ0) is 47.0. The van der Waals surface area contributed by atoms with Gasteiger partial charge in [-0.05, 0) is 108 Å². The number of hydrogen-bond acceptors (Lipinski definition) is 9. The quantitative estimate of drug-likeness (QED) is 0.165. The number of benzene rings is 10. The minimum absolute atomic E-state index is 0.854. The van der Waals surface area contributed by atoms with Gasteiger partial charge in [0.1, 0.15) is 33.1 Å². The summed E-state index contributed by atoms with van der Waals surface area (Å²) in [6.45, 7) is 0. The fourth-order valence-electron chi connectivity index (χ4n) is 11.5. The molecule has 12 heteroatoms. The van der Waals surface area contributed by atoms with Gasteiger partial charge in [0.2, 0.25) is 0 Å². The Bertz CT molecular complexity index is 4370. The molecule has 0 saturated heterocycles. The summed E-state index contributed by atoms with van der Waals surface area (Å²) in [4.78, 5) is 0. The molecule has 10 aromatic carbocycles.